The number of hydrogen-bond acceptors (Lipinski definition) is 5. The minimum atomic E-state index is -0.749. The van der Waals surface area contributed by atoms with Crippen LogP contribution in [-0.4, -0.2) is 26.4 Å². The number of aliphatic hydroxyl groups is 1. The quantitative estimate of drug-likeness (QED) is 0.915. The summed E-state index contributed by atoms with van der Waals surface area (Å²) in [6, 6.07) is 5.42. The molecule has 0 aliphatic heterocycles. The van der Waals surface area contributed by atoms with Crippen molar-refractivity contribution in [3.8, 4) is 17.2 Å². The second kappa shape index (κ2) is 5.95. The first kappa shape index (κ1) is 13.7. The third-order valence-corrected chi connectivity index (χ3v) is 3.59. The van der Waals surface area contributed by atoms with E-state index in [2.05, 4.69) is 0 Å². The molecule has 2 rings (SSSR count). The molecule has 0 spiro atoms. The van der Waals surface area contributed by atoms with Gasteiger partial charge < -0.3 is 19.3 Å². The highest BCUT2D eigenvalue weighted by atomic mass is 32.1. The van der Waals surface area contributed by atoms with Crippen LogP contribution in [0.2, 0.25) is 0 Å². The zero-order valence-corrected chi connectivity index (χ0v) is 11.9. The average molecular weight is 280 g/mol. The van der Waals surface area contributed by atoms with E-state index in [-0.39, 0.29) is 0 Å². The molecular formula is C14H16O4S. The van der Waals surface area contributed by atoms with Crippen molar-refractivity contribution in [2.75, 3.05) is 21.3 Å². The molecular weight excluding hydrogens is 264 g/mol. The van der Waals surface area contributed by atoms with Crippen molar-refractivity contribution in [1.29, 1.82) is 0 Å². The molecule has 1 atom stereocenters. The van der Waals surface area contributed by atoms with Gasteiger partial charge in [0.1, 0.15) is 6.10 Å². The van der Waals surface area contributed by atoms with Gasteiger partial charge >= 0.3 is 0 Å². The van der Waals surface area contributed by atoms with Crippen molar-refractivity contribution in [3.63, 3.8) is 0 Å². The van der Waals surface area contributed by atoms with Crippen LogP contribution in [0.1, 0.15) is 17.2 Å². The van der Waals surface area contributed by atoms with Gasteiger partial charge in [-0.1, -0.05) is 0 Å². The average Bonchev–Trinajstić information content (AvgIpc) is 2.98. The molecule has 0 fully saturated rings. The Kier molecular flexibility index (Phi) is 4.29. The fourth-order valence-corrected chi connectivity index (χ4v) is 2.63. The molecule has 19 heavy (non-hydrogen) atoms. The van der Waals surface area contributed by atoms with Crippen LogP contribution in [0.15, 0.2) is 29.0 Å². The molecule has 1 aromatic heterocycles. The molecule has 0 aliphatic rings. The topological polar surface area (TPSA) is 47.9 Å². The highest BCUT2D eigenvalue weighted by molar-refractivity contribution is 7.07. The van der Waals surface area contributed by atoms with Gasteiger partial charge in [0.25, 0.3) is 0 Å². The molecule has 4 nitrogen and oxygen atoms in total. The van der Waals surface area contributed by atoms with Crippen LogP contribution in [0.3, 0.4) is 0 Å². The summed E-state index contributed by atoms with van der Waals surface area (Å²) in [6.45, 7) is 0. The summed E-state index contributed by atoms with van der Waals surface area (Å²) in [4.78, 5) is 0. The zero-order valence-electron chi connectivity index (χ0n) is 11.0. The third-order valence-electron chi connectivity index (χ3n) is 2.89. The molecule has 0 radical (unpaired) electrons. The van der Waals surface area contributed by atoms with E-state index < -0.39 is 6.10 Å². The molecule has 0 amide bonds. The molecule has 1 heterocycles. The second-order valence-electron chi connectivity index (χ2n) is 3.88. The largest absolute Gasteiger partial charge is 0.493 e. The molecule has 2 aromatic rings. The first-order valence-electron chi connectivity index (χ1n) is 5.72. The molecule has 102 valence electrons. The maximum absolute atomic E-state index is 10.4. The van der Waals surface area contributed by atoms with Crippen LogP contribution < -0.4 is 14.2 Å². The van der Waals surface area contributed by atoms with Crippen LogP contribution in [-0.2, 0) is 0 Å². The van der Waals surface area contributed by atoms with E-state index in [1.807, 2.05) is 16.8 Å². The second-order valence-corrected chi connectivity index (χ2v) is 4.66. The van der Waals surface area contributed by atoms with Gasteiger partial charge in [-0.3, -0.25) is 0 Å². The van der Waals surface area contributed by atoms with Gasteiger partial charge in [0.05, 0.1) is 21.3 Å². The summed E-state index contributed by atoms with van der Waals surface area (Å²) in [7, 11) is 4.65. The van der Waals surface area contributed by atoms with Crippen molar-refractivity contribution in [2.45, 2.75) is 6.10 Å². The Morgan fingerprint density at radius 1 is 1.00 bits per heavy atom. The normalized spacial score (nSPS) is 12.0. The summed E-state index contributed by atoms with van der Waals surface area (Å²) < 4.78 is 15.9. The molecule has 1 unspecified atom stereocenters. The Bertz CT molecular complexity index is 537. The summed E-state index contributed by atoms with van der Waals surface area (Å²) in [5, 5.41) is 14.2. The van der Waals surface area contributed by atoms with Crippen LogP contribution in [0.4, 0.5) is 0 Å². The molecule has 0 aliphatic carbocycles. The molecule has 1 N–H and O–H groups in total. The summed E-state index contributed by atoms with van der Waals surface area (Å²) in [6.07, 6.45) is -0.749. The van der Waals surface area contributed by atoms with Gasteiger partial charge in [-0.05, 0) is 34.5 Å². The number of benzene rings is 1. The highest BCUT2D eigenvalue weighted by Gasteiger charge is 2.22. The van der Waals surface area contributed by atoms with E-state index in [0.29, 0.717) is 22.8 Å². The Morgan fingerprint density at radius 2 is 1.74 bits per heavy atom. The summed E-state index contributed by atoms with van der Waals surface area (Å²) in [5.41, 5.74) is 1.48. The van der Waals surface area contributed by atoms with Gasteiger partial charge in [-0.2, -0.15) is 11.3 Å². The number of thiophene rings is 1. The Hall–Kier alpha value is -1.72. The lowest BCUT2D eigenvalue weighted by Crippen LogP contribution is -2.04. The molecule has 0 bridgehead atoms. The van der Waals surface area contributed by atoms with E-state index in [9.17, 15) is 5.11 Å². The summed E-state index contributed by atoms with van der Waals surface area (Å²) >= 11 is 1.54. The van der Waals surface area contributed by atoms with Gasteiger partial charge in [-0.15, -0.1) is 0 Å². The van der Waals surface area contributed by atoms with Gasteiger partial charge in [0.2, 0.25) is 5.75 Å². The van der Waals surface area contributed by atoms with E-state index in [0.717, 1.165) is 5.56 Å². The number of methoxy groups -OCH3 is 3. The van der Waals surface area contributed by atoms with Gasteiger partial charge in [0, 0.05) is 5.56 Å². The lowest BCUT2D eigenvalue weighted by atomic mass is 10.0. The van der Waals surface area contributed by atoms with Crippen molar-refractivity contribution in [1.82, 2.24) is 0 Å². The minimum Gasteiger partial charge on any atom is -0.493 e. The van der Waals surface area contributed by atoms with E-state index in [4.69, 9.17) is 14.2 Å². The lowest BCUT2D eigenvalue weighted by molar-refractivity contribution is 0.212. The van der Waals surface area contributed by atoms with Crippen LogP contribution >= 0.6 is 11.3 Å². The molecule has 1 aromatic carbocycles. The Morgan fingerprint density at radius 3 is 2.26 bits per heavy atom. The van der Waals surface area contributed by atoms with Crippen molar-refractivity contribution in [3.05, 3.63) is 40.1 Å². The fourth-order valence-electron chi connectivity index (χ4n) is 1.95. The van der Waals surface area contributed by atoms with Crippen molar-refractivity contribution < 1.29 is 19.3 Å². The van der Waals surface area contributed by atoms with Crippen LogP contribution in [0, 0.1) is 0 Å². The van der Waals surface area contributed by atoms with E-state index in [1.54, 1.807) is 33.5 Å². The number of hydrogen-bond donors (Lipinski definition) is 1. The number of rotatable bonds is 5. The monoisotopic (exact) mass is 280 g/mol. The molecule has 0 saturated heterocycles. The molecule has 0 saturated carbocycles. The van der Waals surface area contributed by atoms with Gasteiger partial charge in [-0.25, -0.2) is 0 Å². The third kappa shape index (κ3) is 2.52. The Balaban J connectivity index is 2.51. The fraction of sp³-hybridized carbons (Fsp3) is 0.286. The highest BCUT2D eigenvalue weighted by Crippen LogP contribution is 2.43. The van der Waals surface area contributed by atoms with E-state index >= 15 is 0 Å². The lowest BCUT2D eigenvalue weighted by Gasteiger charge is -2.18. The first-order chi connectivity index (χ1) is 9.22. The summed E-state index contributed by atoms with van der Waals surface area (Å²) in [5.74, 6) is 1.54. The Labute approximate surface area is 116 Å². The molecule has 5 heteroatoms. The maximum atomic E-state index is 10.4. The maximum Gasteiger partial charge on any atom is 0.203 e. The first-order valence-corrected chi connectivity index (χ1v) is 6.66. The van der Waals surface area contributed by atoms with E-state index in [1.165, 1.54) is 11.3 Å². The number of aliphatic hydroxyl groups excluding tert-OH is 1. The van der Waals surface area contributed by atoms with Crippen LogP contribution in [0.5, 0.6) is 17.2 Å². The van der Waals surface area contributed by atoms with Gasteiger partial charge in [0.15, 0.2) is 11.5 Å². The van der Waals surface area contributed by atoms with Crippen LogP contribution in [0.25, 0.3) is 0 Å². The SMILES string of the molecule is COc1ccc(C(O)c2ccsc2)c(OC)c1OC. The predicted molar refractivity (Wildman–Crippen MR) is 74.5 cm³/mol. The standard InChI is InChI=1S/C14H16O4S/c1-16-11-5-4-10(13(17-2)14(11)18-3)12(15)9-6-7-19-8-9/h4-8,12,15H,1-3H3. The van der Waals surface area contributed by atoms with Crippen molar-refractivity contribution in [2.24, 2.45) is 0 Å². The predicted octanol–water partition coefficient (Wildman–Crippen LogP) is 2.86. The smallest absolute Gasteiger partial charge is 0.203 e. The number of ether oxygens (including phenoxy) is 3. The zero-order chi connectivity index (χ0) is 13.8. The minimum absolute atomic E-state index is 0.483. The van der Waals surface area contributed by atoms with Crippen molar-refractivity contribution >= 4 is 11.3 Å².